The van der Waals surface area contributed by atoms with Crippen LogP contribution in [0.25, 0.3) is 0 Å². The monoisotopic (exact) mass is 279 g/mol. The predicted octanol–water partition coefficient (Wildman–Crippen LogP) is 2.76. The molecular formula is C12H13N3OS2. The summed E-state index contributed by atoms with van der Waals surface area (Å²) in [6.07, 6.45) is 0. The second kappa shape index (κ2) is 5.88. The number of benzene rings is 1. The van der Waals surface area contributed by atoms with E-state index in [1.54, 1.807) is 0 Å². The molecule has 2 rings (SSSR count). The van der Waals surface area contributed by atoms with Crippen molar-refractivity contribution in [2.24, 2.45) is 0 Å². The zero-order valence-electron chi connectivity index (χ0n) is 9.84. The lowest BCUT2D eigenvalue weighted by Gasteiger charge is -2.04. The van der Waals surface area contributed by atoms with Gasteiger partial charge >= 0.3 is 0 Å². The Labute approximate surface area is 114 Å². The number of thioether (sulfide) groups is 1. The molecule has 0 unspecified atom stereocenters. The molecule has 2 aromatic rings. The average Bonchev–Trinajstić information content (AvgIpc) is 2.74. The van der Waals surface area contributed by atoms with Crippen molar-refractivity contribution >= 4 is 39.8 Å². The molecule has 6 heteroatoms. The first-order chi connectivity index (χ1) is 8.65. The van der Waals surface area contributed by atoms with E-state index in [0.29, 0.717) is 16.6 Å². The van der Waals surface area contributed by atoms with Crippen LogP contribution < -0.4 is 11.1 Å². The van der Waals surface area contributed by atoms with Crippen LogP contribution in [0.1, 0.15) is 5.69 Å². The van der Waals surface area contributed by atoms with E-state index in [1.165, 1.54) is 23.1 Å². The van der Waals surface area contributed by atoms with Gasteiger partial charge < -0.3 is 11.1 Å². The number of hydrogen-bond donors (Lipinski definition) is 2. The van der Waals surface area contributed by atoms with Crippen LogP contribution in [0.15, 0.2) is 34.5 Å². The zero-order chi connectivity index (χ0) is 13.0. The lowest BCUT2D eigenvalue weighted by molar-refractivity contribution is -0.113. The van der Waals surface area contributed by atoms with Crippen LogP contribution >= 0.6 is 23.1 Å². The van der Waals surface area contributed by atoms with Gasteiger partial charge in [0, 0.05) is 16.0 Å². The normalized spacial score (nSPS) is 10.3. The Kier molecular flexibility index (Phi) is 4.22. The smallest absolute Gasteiger partial charge is 0.236 e. The summed E-state index contributed by atoms with van der Waals surface area (Å²) in [5, 5.41) is 5.30. The standard InChI is InChI=1S/C12H13N3OS2/c1-8-6-18-12(14-8)15-11(16)7-17-10-5-3-2-4-9(10)13/h2-6H,7,13H2,1H3,(H,14,15,16). The van der Waals surface area contributed by atoms with Gasteiger partial charge in [-0.25, -0.2) is 4.98 Å². The van der Waals surface area contributed by atoms with Crippen LogP contribution in [0.3, 0.4) is 0 Å². The summed E-state index contributed by atoms with van der Waals surface area (Å²) >= 11 is 2.85. The largest absolute Gasteiger partial charge is 0.398 e. The molecule has 1 aromatic carbocycles. The Balaban J connectivity index is 1.87. The lowest BCUT2D eigenvalue weighted by atomic mass is 10.3. The number of hydrogen-bond acceptors (Lipinski definition) is 5. The molecule has 0 bridgehead atoms. The van der Waals surface area contributed by atoms with E-state index in [-0.39, 0.29) is 5.91 Å². The fourth-order valence-corrected chi connectivity index (χ4v) is 2.79. The Morgan fingerprint density at radius 1 is 1.50 bits per heavy atom. The number of amides is 1. The van der Waals surface area contributed by atoms with Crippen LogP contribution in [0.5, 0.6) is 0 Å². The minimum absolute atomic E-state index is 0.0717. The Morgan fingerprint density at radius 3 is 2.94 bits per heavy atom. The molecule has 0 fully saturated rings. The summed E-state index contributed by atoms with van der Waals surface area (Å²) in [5.74, 6) is 0.255. The number of aromatic nitrogens is 1. The quantitative estimate of drug-likeness (QED) is 0.667. The van der Waals surface area contributed by atoms with Gasteiger partial charge in [0.1, 0.15) is 0 Å². The van der Waals surface area contributed by atoms with E-state index in [4.69, 9.17) is 5.73 Å². The van der Waals surface area contributed by atoms with Gasteiger partial charge in [-0.1, -0.05) is 12.1 Å². The Morgan fingerprint density at radius 2 is 2.28 bits per heavy atom. The molecule has 0 atom stereocenters. The molecular weight excluding hydrogens is 266 g/mol. The lowest BCUT2D eigenvalue weighted by Crippen LogP contribution is -2.13. The maximum Gasteiger partial charge on any atom is 0.236 e. The Hall–Kier alpha value is -1.53. The van der Waals surface area contributed by atoms with Crippen LogP contribution in [0.2, 0.25) is 0 Å². The summed E-state index contributed by atoms with van der Waals surface area (Å²) < 4.78 is 0. The van der Waals surface area contributed by atoms with Crippen LogP contribution in [-0.2, 0) is 4.79 Å². The Bertz CT molecular complexity index is 554. The van der Waals surface area contributed by atoms with Crippen molar-refractivity contribution in [1.29, 1.82) is 0 Å². The molecule has 4 nitrogen and oxygen atoms in total. The summed E-state index contributed by atoms with van der Waals surface area (Å²) in [5.41, 5.74) is 7.41. The average molecular weight is 279 g/mol. The van der Waals surface area contributed by atoms with Gasteiger partial charge in [-0.2, -0.15) is 0 Å². The molecule has 0 aliphatic heterocycles. The van der Waals surface area contributed by atoms with E-state index >= 15 is 0 Å². The molecule has 0 saturated heterocycles. The number of nitrogens with two attached hydrogens (primary N) is 1. The zero-order valence-corrected chi connectivity index (χ0v) is 11.5. The molecule has 3 N–H and O–H groups in total. The van der Waals surface area contributed by atoms with Gasteiger partial charge in [0.15, 0.2) is 5.13 Å². The molecule has 0 aliphatic rings. The van der Waals surface area contributed by atoms with Crippen molar-refractivity contribution in [3.63, 3.8) is 0 Å². The maximum atomic E-state index is 11.7. The fourth-order valence-electron chi connectivity index (χ4n) is 1.32. The highest BCUT2D eigenvalue weighted by Crippen LogP contribution is 2.24. The van der Waals surface area contributed by atoms with E-state index in [9.17, 15) is 4.79 Å². The van der Waals surface area contributed by atoms with Crippen molar-refractivity contribution in [2.45, 2.75) is 11.8 Å². The molecule has 1 amide bonds. The van der Waals surface area contributed by atoms with Gasteiger partial charge in [0.05, 0.1) is 11.4 Å². The molecule has 0 saturated carbocycles. The van der Waals surface area contributed by atoms with Gasteiger partial charge in [0.2, 0.25) is 5.91 Å². The first-order valence-electron chi connectivity index (χ1n) is 5.34. The van der Waals surface area contributed by atoms with Crippen molar-refractivity contribution < 1.29 is 4.79 Å². The van der Waals surface area contributed by atoms with Crippen LogP contribution in [-0.4, -0.2) is 16.6 Å². The van der Waals surface area contributed by atoms with Crippen LogP contribution in [0, 0.1) is 6.92 Å². The molecule has 18 heavy (non-hydrogen) atoms. The van der Waals surface area contributed by atoms with Crippen molar-refractivity contribution in [1.82, 2.24) is 4.98 Å². The topological polar surface area (TPSA) is 68.0 Å². The van der Waals surface area contributed by atoms with Gasteiger partial charge in [0.25, 0.3) is 0 Å². The highest BCUT2D eigenvalue weighted by molar-refractivity contribution is 8.00. The minimum atomic E-state index is -0.0717. The first kappa shape index (κ1) is 12.9. The number of carbonyl (C=O) groups is 1. The molecule has 0 radical (unpaired) electrons. The number of nitrogens with one attached hydrogen (secondary N) is 1. The SMILES string of the molecule is Cc1csc(NC(=O)CSc2ccccc2N)n1. The summed E-state index contributed by atoms with van der Waals surface area (Å²) in [7, 11) is 0. The summed E-state index contributed by atoms with van der Waals surface area (Å²) in [4.78, 5) is 16.8. The second-order valence-corrected chi connectivity index (χ2v) is 5.54. The maximum absolute atomic E-state index is 11.7. The number of carbonyl (C=O) groups excluding carboxylic acids is 1. The highest BCUT2D eigenvalue weighted by atomic mass is 32.2. The number of nitrogen functional groups attached to an aromatic ring is 1. The fraction of sp³-hybridized carbons (Fsp3) is 0.167. The second-order valence-electron chi connectivity index (χ2n) is 3.67. The number of nitrogens with zero attached hydrogens (tertiary/aromatic N) is 1. The first-order valence-corrected chi connectivity index (χ1v) is 7.21. The third kappa shape index (κ3) is 3.48. The number of aryl methyl sites for hydroxylation is 1. The summed E-state index contributed by atoms with van der Waals surface area (Å²) in [6.45, 7) is 1.89. The van der Waals surface area contributed by atoms with Gasteiger partial charge in [-0.05, 0) is 19.1 Å². The third-order valence-corrected chi connectivity index (χ3v) is 4.11. The van der Waals surface area contributed by atoms with Crippen LogP contribution in [0.4, 0.5) is 10.8 Å². The number of thiazole rings is 1. The van der Waals surface area contributed by atoms with E-state index < -0.39 is 0 Å². The summed E-state index contributed by atoms with van der Waals surface area (Å²) in [6, 6.07) is 7.50. The molecule has 1 aromatic heterocycles. The molecule has 1 heterocycles. The third-order valence-electron chi connectivity index (χ3n) is 2.14. The van der Waals surface area contributed by atoms with E-state index in [1.807, 2.05) is 36.6 Å². The minimum Gasteiger partial charge on any atom is -0.398 e. The number of rotatable bonds is 4. The van der Waals surface area contributed by atoms with E-state index in [0.717, 1.165) is 10.6 Å². The predicted molar refractivity (Wildman–Crippen MR) is 77.1 cm³/mol. The van der Waals surface area contributed by atoms with Crippen molar-refractivity contribution in [3.05, 3.63) is 35.3 Å². The molecule has 0 spiro atoms. The molecule has 0 aliphatic carbocycles. The van der Waals surface area contributed by atoms with Gasteiger partial charge in [-0.15, -0.1) is 23.1 Å². The highest BCUT2D eigenvalue weighted by Gasteiger charge is 2.07. The van der Waals surface area contributed by atoms with E-state index in [2.05, 4.69) is 10.3 Å². The van der Waals surface area contributed by atoms with Gasteiger partial charge in [-0.3, -0.25) is 4.79 Å². The molecule has 94 valence electrons. The van der Waals surface area contributed by atoms with Crippen molar-refractivity contribution in [3.8, 4) is 0 Å². The van der Waals surface area contributed by atoms with Crippen molar-refractivity contribution in [2.75, 3.05) is 16.8 Å². The number of para-hydroxylation sites is 1. The number of anilines is 2.